The Morgan fingerprint density at radius 3 is 1.77 bits per heavy atom. The van der Waals surface area contributed by atoms with E-state index in [1.54, 1.807) is 19.1 Å². The number of carbonyl (C=O) groups excluding carboxylic acids is 2. The number of likely N-dealkylation sites (N-methyl/N-ethyl adjacent to an activating group) is 1. The molecule has 2 aromatic rings. The Hall–Kier alpha value is -3.18. The topological polar surface area (TPSA) is 154 Å². The molecule has 1 aliphatic carbocycles. The first-order chi connectivity index (χ1) is 14.4. The minimum atomic E-state index is -0.603. The second kappa shape index (κ2) is 9.09. The molecule has 0 fully saturated rings. The number of rotatable bonds is 9. The van der Waals surface area contributed by atoms with E-state index in [4.69, 9.17) is 5.21 Å². The molecule has 160 valence electrons. The van der Waals surface area contributed by atoms with Crippen molar-refractivity contribution in [2.24, 2.45) is 0 Å². The van der Waals surface area contributed by atoms with E-state index < -0.39 is 23.1 Å². The van der Waals surface area contributed by atoms with Crippen LogP contribution >= 0.6 is 0 Å². The number of nitrogens with one attached hydrogen (secondary N) is 3. The van der Waals surface area contributed by atoms with Gasteiger partial charge in [-0.05, 0) is 24.3 Å². The van der Waals surface area contributed by atoms with Crippen LogP contribution in [0.4, 0.5) is 11.4 Å². The van der Waals surface area contributed by atoms with Crippen LogP contribution in [0.5, 0.6) is 11.5 Å². The number of hydroxylamine groups is 3. The summed E-state index contributed by atoms with van der Waals surface area (Å²) in [7, 11) is 0. The third-order valence-corrected chi connectivity index (χ3v) is 4.88. The maximum absolute atomic E-state index is 13.3. The number of benzene rings is 2. The van der Waals surface area contributed by atoms with E-state index in [-0.39, 0.29) is 41.9 Å². The zero-order valence-electron chi connectivity index (χ0n) is 16.4. The van der Waals surface area contributed by atoms with Gasteiger partial charge in [0.2, 0.25) is 11.6 Å². The molecule has 0 atom stereocenters. The third-order valence-electron chi connectivity index (χ3n) is 4.88. The molecular formula is C20H24N4O6. The molecule has 30 heavy (non-hydrogen) atoms. The predicted molar refractivity (Wildman–Crippen MR) is 109 cm³/mol. The number of phenols is 2. The molecule has 10 nitrogen and oxygen atoms in total. The maximum atomic E-state index is 13.3. The van der Waals surface area contributed by atoms with Crippen LogP contribution in [0.15, 0.2) is 24.3 Å². The van der Waals surface area contributed by atoms with Crippen molar-refractivity contribution in [3.05, 3.63) is 46.5 Å². The van der Waals surface area contributed by atoms with Gasteiger partial charge < -0.3 is 31.3 Å². The van der Waals surface area contributed by atoms with Crippen LogP contribution in [0.2, 0.25) is 0 Å². The normalized spacial score (nSPS) is 12.7. The van der Waals surface area contributed by atoms with Gasteiger partial charge in [0, 0.05) is 44.1 Å². The third kappa shape index (κ3) is 3.94. The summed E-state index contributed by atoms with van der Waals surface area (Å²) < 4.78 is 0. The minimum Gasteiger partial charge on any atom is -0.507 e. The quantitative estimate of drug-likeness (QED) is 0.155. The number of anilines is 2. The van der Waals surface area contributed by atoms with Crippen molar-refractivity contribution in [1.82, 2.24) is 10.5 Å². The highest BCUT2D eigenvalue weighted by molar-refractivity contribution is 6.33. The van der Waals surface area contributed by atoms with Gasteiger partial charge >= 0.3 is 0 Å². The first-order valence-electron chi connectivity index (χ1n) is 9.50. The fourth-order valence-electron chi connectivity index (χ4n) is 3.39. The number of nitrogens with zero attached hydrogens (tertiary/aromatic N) is 1. The molecule has 0 heterocycles. The Morgan fingerprint density at radius 2 is 1.30 bits per heavy atom. The van der Waals surface area contributed by atoms with Crippen molar-refractivity contribution in [1.29, 1.82) is 0 Å². The summed E-state index contributed by atoms with van der Waals surface area (Å²) in [5.74, 6) is -2.00. The Morgan fingerprint density at radius 1 is 0.800 bits per heavy atom. The Balaban J connectivity index is 2.09. The minimum absolute atomic E-state index is 0.0627. The van der Waals surface area contributed by atoms with Gasteiger partial charge in [0.05, 0.1) is 22.3 Å². The number of phenolic OH excluding ortho intramolecular Hbond substituents is 2. The molecule has 10 heteroatoms. The van der Waals surface area contributed by atoms with Crippen molar-refractivity contribution >= 4 is 22.9 Å². The standard InChI is InChI=1S/C20H24N4O6/c1-2-24(30)10-9-22-12-4-3-11(21-7-8-23-29)15-16(12)20(28)18-14(26)6-5-13(25)17(18)19(15)27/h3-6,21-23,25-26,29-30H,2,7-10H2,1H3. The predicted octanol–water partition coefficient (Wildman–Crippen LogP) is 1.39. The molecule has 0 saturated carbocycles. The highest BCUT2D eigenvalue weighted by atomic mass is 16.5. The number of ketones is 2. The summed E-state index contributed by atoms with van der Waals surface area (Å²) in [6.45, 7) is 3.28. The summed E-state index contributed by atoms with van der Waals surface area (Å²) in [4.78, 5) is 26.5. The van der Waals surface area contributed by atoms with E-state index >= 15 is 0 Å². The molecular weight excluding hydrogens is 392 g/mol. The van der Waals surface area contributed by atoms with Crippen LogP contribution in [-0.2, 0) is 0 Å². The average molecular weight is 416 g/mol. The molecule has 1 aliphatic rings. The van der Waals surface area contributed by atoms with Crippen molar-refractivity contribution in [2.45, 2.75) is 6.92 Å². The van der Waals surface area contributed by atoms with Gasteiger partial charge in [-0.15, -0.1) is 0 Å². The monoisotopic (exact) mass is 416 g/mol. The van der Waals surface area contributed by atoms with Gasteiger partial charge in [-0.3, -0.25) is 9.59 Å². The summed E-state index contributed by atoms with van der Waals surface area (Å²) >= 11 is 0. The lowest BCUT2D eigenvalue weighted by Crippen LogP contribution is -2.28. The maximum Gasteiger partial charge on any atom is 0.200 e. The molecule has 7 N–H and O–H groups in total. The Labute approximate surface area is 172 Å². The van der Waals surface area contributed by atoms with E-state index in [0.29, 0.717) is 24.5 Å². The van der Waals surface area contributed by atoms with Gasteiger partial charge in [0.25, 0.3) is 0 Å². The average Bonchev–Trinajstić information content (AvgIpc) is 2.73. The lowest BCUT2D eigenvalue weighted by molar-refractivity contribution is -0.0823. The second-order valence-electron chi connectivity index (χ2n) is 6.73. The molecule has 0 unspecified atom stereocenters. The molecule has 0 bridgehead atoms. The second-order valence-corrected chi connectivity index (χ2v) is 6.73. The molecule has 2 aromatic carbocycles. The SMILES string of the molecule is CCN(O)CCNc1ccc(NCCNO)c2c1C(=O)c1c(O)ccc(O)c1C2=O. The highest BCUT2D eigenvalue weighted by Gasteiger charge is 2.37. The van der Waals surface area contributed by atoms with Crippen LogP contribution in [0.25, 0.3) is 0 Å². The largest absolute Gasteiger partial charge is 0.507 e. The Bertz CT molecular complexity index is 978. The zero-order valence-corrected chi connectivity index (χ0v) is 16.4. The van der Waals surface area contributed by atoms with Crippen molar-refractivity contribution in [3.63, 3.8) is 0 Å². The number of carbonyl (C=O) groups is 2. The number of aromatic hydroxyl groups is 2. The zero-order chi connectivity index (χ0) is 21.8. The summed E-state index contributed by atoms with van der Waals surface area (Å²) in [6.07, 6.45) is 0. The first-order valence-corrected chi connectivity index (χ1v) is 9.50. The highest BCUT2D eigenvalue weighted by Crippen LogP contribution is 2.42. The van der Waals surface area contributed by atoms with E-state index in [2.05, 4.69) is 10.6 Å². The number of hydrogen-bond acceptors (Lipinski definition) is 10. The van der Waals surface area contributed by atoms with Gasteiger partial charge in [-0.1, -0.05) is 6.92 Å². The fraction of sp³-hybridized carbons (Fsp3) is 0.300. The summed E-state index contributed by atoms with van der Waals surface area (Å²) in [5.41, 5.74) is 2.35. The van der Waals surface area contributed by atoms with Crippen molar-refractivity contribution < 1.29 is 30.2 Å². The fourth-order valence-corrected chi connectivity index (χ4v) is 3.39. The van der Waals surface area contributed by atoms with Crippen LogP contribution in [0.1, 0.15) is 38.8 Å². The molecule has 3 rings (SSSR count). The number of fused-ring (bicyclic) bond motifs is 2. The molecule has 0 spiro atoms. The van der Waals surface area contributed by atoms with E-state index in [0.717, 1.165) is 17.2 Å². The van der Waals surface area contributed by atoms with Gasteiger partial charge in [0.1, 0.15) is 11.5 Å². The number of hydrogen-bond donors (Lipinski definition) is 7. The first kappa shape index (κ1) is 21.5. The summed E-state index contributed by atoms with van der Waals surface area (Å²) in [5, 5.41) is 45.9. The molecule has 0 amide bonds. The van der Waals surface area contributed by atoms with Crippen molar-refractivity contribution in [3.8, 4) is 11.5 Å². The Kier molecular flexibility index (Phi) is 6.53. The van der Waals surface area contributed by atoms with Gasteiger partial charge in [0.15, 0.2) is 0 Å². The van der Waals surface area contributed by atoms with Crippen LogP contribution in [-0.4, -0.2) is 70.0 Å². The van der Waals surface area contributed by atoms with Gasteiger partial charge in [-0.25, -0.2) is 5.48 Å². The van der Waals surface area contributed by atoms with E-state index in [1.165, 1.54) is 0 Å². The summed E-state index contributed by atoms with van der Waals surface area (Å²) in [6, 6.07) is 5.56. The van der Waals surface area contributed by atoms with Crippen LogP contribution in [0.3, 0.4) is 0 Å². The lowest BCUT2D eigenvalue weighted by atomic mass is 9.81. The molecule has 0 radical (unpaired) electrons. The van der Waals surface area contributed by atoms with E-state index in [1.807, 2.05) is 5.48 Å². The van der Waals surface area contributed by atoms with Gasteiger partial charge in [-0.2, -0.15) is 5.06 Å². The smallest absolute Gasteiger partial charge is 0.200 e. The van der Waals surface area contributed by atoms with E-state index in [9.17, 15) is 25.0 Å². The lowest BCUT2D eigenvalue weighted by Gasteiger charge is -2.25. The van der Waals surface area contributed by atoms with Crippen LogP contribution < -0.4 is 16.1 Å². The van der Waals surface area contributed by atoms with Crippen molar-refractivity contribution in [2.75, 3.05) is 43.4 Å². The van der Waals surface area contributed by atoms with Crippen LogP contribution in [0, 0.1) is 0 Å². The molecule has 0 aromatic heterocycles. The molecule has 0 aliphatic heterocycles. The molecule has 0 saturated heterocycles.